The summed E-state index contributed by atoms with van der Waals surface area (Å²) in [4.78, 5) is 5.05. The molecule has 0 aliphatic rings. The van der Waals surface area contributed by atoms with Gasteiger partial charge in [0.2, 0.25) is 4.80 Å². The van der Waals surface area contributed by atoms with Crippen LogP contribution in [0.25, 0.3) is 11.3 Å². The number of nitrogens with zero attached hydrogens (tertiary/aromatic N) is 3. The number of phenols is 1. The molecule has 134 valence electrons. The minimum atomic E-state index is 0.121. The van der Waals surface area contributed by atoms with Crippen molar-refractivity contribution in [1.29, 1.82) is 0 Å². The number of hydrogen-bond acceptors (Lipinski definition) is 5. The summed E-state index contributed by atoms with van der Waals surface area (Å²) in [6.07, 6.45) is 1.62. The average Bonchev–Trinajstić information content (AvgIpc) is 3.05. The smallest absolute Gasteiger partial charge is 0.205 e. The fraction of sp³-hybridized carbons (Fsp3) is 0.158. The summed E-state index contributed by atoms with van der Waals surface area (Å²) < 4.78 is 8.18. The Morgan fingerprint density at radius 2 is 2.00 bits per heavy atom. The van der Waals surface area contributed by atoms with Crippen molar-refractivity contribution in [3.63, 3.8) is 0 Å². The van der Waals surface area contributed by atoms with Gasteiger partial charge in [0.25, 0.3) is 0 Å². The lowest BCUT2D eigenvalue weighted by Crippen LogP contribution is -2.11. The summed E-state index contributed by atoms with van der Waals surface area (Å²) in [5.41, 5.74) is 2.58. The molecule has 0 unspecified atom stereocenters. The summed E-state index contributed by atoms with van der Waals surface area (Å²) in [6, 6.07) is 13.2. The largest absolute Gasteiger partial charge is 0.507 e. The number of aromatic hydroxyl groups is 1. The zero-order chi connectivity index (χ0) is 18.5. The maximum absolute atomic E-state index is 10.2. The van der Waals surface area contributed by atoms with Gasteiger partial charge in [-0.15, -0.1) is 11.3 Å². The number of hydrogen-bond donors (Lipinski definition) is 1. The van der Waals surface area contributed by atoms with Gasteiger partial charge in [-0.3, -0.25) is 4.99 Å². The highest BCUT2D eigenvalue weighted by molar-refractivity contribution is 9.10. The molecule has 7 heteroatoms. The van der Waals surface area contributed by atoms with E-state index in [1.165, 1.54) is 11.3 Å². The van der Waals surface area contributed by atoms with Crippen LogP contribution in [0.4, 0.5) is 0 Å². The van der Waals surface area contributed by atoms with Gasteiger partial charge in [-0.2, -0.15) is 5.10 Å². The second kappa shape index (κ2) is 8.33. The Morgan fingerprint density at radius 1 is 1.23 bits per heavy atom. The fourth-order valence-electron chi connectivity index (χ4n) is 2.39. The Bertz CT molecular complexity index is 991. The lowest BCUT2D eigenvalue weighted by atomic mass is 10.2. The summed E-state index contributed by atoms with van der Waals surface area (Å²) in [6.45, 7) is 2.45. The number of benzene rings is 2. The molecule has 0 atom stereocenters. The maximum Gasteiger partial charge on any atom is 0.205 e. The minimum Gasteiger partial charge on any atom is -0.507 e. The van der Waals surface area contributed by atoms with Gasteiger partial charge in [0.05, 0.1) is 18.5 Å². The van der Waals surface area contributed by atoms with E-state index in [0.717, 1.165) is 20.5 Å². The third-order valence-corrected chi connectivity index (χ3v) is 5.08. The molecular weight excluding hydrogens is 414 g/mol. The summed E-state index contributed by atoms with van der Waals surface area (Å²) in [5, 5.41) is 16.7. The number of phenolic OH excluding ortho intramolecular Hbond substituents is 1. The van der Waals surface area contributed by atoms with Crippen molar-refractivity contribution >= 4 is 33.5 Å². The van der Waals surface area contributed by atoms with E-state index in [2.05, 4.69) is 26.0 Å². The molecule has 0 radical (unpaired) electrons. The van der Waals surface area contributed by atoms with Crippen LogP contribution < -0.4 is 9.54 Å². The monoisotopic (exact) mass is 431 g/mol. The van der Waals surface area contributed by atoms with Gasteiger partial charge >= 0.3 is 0 Å². The van der Waals surface area contributed by atoms with Gasteiger partial charge in [0.1, 0.15) is 11.5 Å². The Labute approximate surface area is 164 Å². The molecule has 1 heterocycles. The van der Waals surface area contributed by atoms with Crippen molar-refractivity contribution in [3.8, 4) is 22.8 Å². The van der Waals surface area contributed by atoms with E-state index in [-0.39, 0.29) is 5.75 Å². The standard InChI is InChI=1S/C19H18BrN3O2S/c1-3-25-16-9-6-14(18(24)10-16)11-22-23-17(12-26-19(23)21-2)13-4-7-15(20)8-5-13/h4-12,24H,3H2,1-2H3. The highest BCUT2D eigenvalue weighted by atomic mass is 79.9. The quantitative estimate of drug-likeness (QED) is 0.604. The number of halogens is 1. The average molecular weight is 432 g/mol. The second-order valence-corrected chi connectivity index (χ2v) is 7.10. The van der Waals surface area contributed by atoms with Crippen LogP contribution in [-0.2, 0) is 0 Å². The van der Waals surface area contributed by atoms with E-state index in [1.54, 1.807) is 30.1 Å². The highest BCUT2D eigenvalue weighted by Crippen LogP contribution is 2.24. The van der Waals surface area contributed by atoms with Crippen LogP contribution in [0.3, 0.4) is 0 Å². The van der Waals surface area contributed by atoms with Crippen LogP contribution in [0.2, 0.25) is 0 Å². The third-order valence-electron chi connectivity index (χ3n) is 3.64. The predicted molar refractivity (Wildman–Crippen MR) is 109 cm³/mol. The van der Waals surface area contributed by atoms with Crippen molar-refractivity contribution in [3.05, 3.63) is 62.7 Å². The number of aromatic nitrogens is 1. The molecule has 0 amide bonds. The first-order valence-corrected chi connectivity index (χ1v) is 9.69. The van der Waals surface area contributed by atoms with Crippen LogP contribution >= 0.6 is 27.3 Å². The Hall–Kier alpha value is -2.38. The third kappa shape index (κ3) is 4.05. The molecule has 0 saturated heterocycles. The Morgan fingerprint density at radius 3 is 2.65 bits per heavy atom. The van der Waals surface area contributed by atoms with Gasteiger partial charge in [-0.25, -0.2) is 4.68 Å². The maximum atomic E-state index is 10.2. The van der Waals surface area contributed by atoms with Gasteiger partial charge in [0, 0.05) is 34.1 Å². The Kier molecular flexibility index (Phi) is 5.90. The topological polar surface area (TPSA) is 59.1 Å². The minimum absolute atomic E-state index is 0.121. The molecule has 2 aromatic carbocycles. The van der Waals surface area contributed by atoms with Gasteiger partial charge in [-0.1, -0.05) is 28.1 Å². The zero-order valence-electron chi connectivity index (χ0n) is 14.4. The van der Waals surface area contributed by atoms with Gasteiger partial charge in [-0.05, 0) is 31.2 Å². The van der Waals surface area contributed by atoms with Crippen LogP contribution in [0.1, 0.15) is 12.5 Å². The number of ether oxygens (including phenoxy) is 1. The predicted octanol–water partition coefficient (Wildman–Crippen LogP) is 4.50. The number of rotatable bonds is 5. The van der Waals surface area contributed by atoms with Crippen LogP contribution in [-0.4, -0.2) is 29.7 Å². The zero-order valence-corrected chi connectivity index (χ0v) is 16.8. The molecule has 0 bridgehead atoms. The lowest BCUT2D eigenvalue weighted by molar-refractivity contribution is 0.337. The molecule has 0 aliphatic carbocycles. The molecule has 1 N–H and O–H groups in total. The van der Waals surface area contributed by atoms with E-state index >= 15 is 0 Å². The van der Waals surface area contributed by atoms with Crippen molar-refractivity contribution in [1.82, 2.24) is 4.68 Å². The molecule has 26 heavy (non-hydrogen) atoms. The summed E-state index contributed by atoms with van der Waals surface area (Å²) in [5.74, 6) is 0.751. The van der Waals surface area contributed by atoms with Crippen molar-refractivity contribution < 1.29 is 9.84 Å². The Balaban J connectivity index is 1.98. The second-order valence-electron chi connectivity index (χ2n) is 5.34. The normalized spacial score (nSPS) is 12.0. The molecule has 0 fully saturated rings. The van der Waals surface area contributed by atoms with Crippen LogP contribution in [0, 0.1) is 0 Å². The van der Waals surface area contributed by atoms with Gasteiger partial charge < -0.3 is 9.84 Å². The molecule has 5 nitrogen and oxygen atoms in total. The van der Waals surface area contributed by atoms with E-state index in [4.69, 9.17) is 4.74 Å². The van der Waals surface area contributed by atoms with Gasteiger partial charge in [0.15, 0.2) is 0 Å². The fourth-order valence-corrected chi connectivity index (χ4v) is 3.46. The van der Waals surface area contributed by atoms with Crippen LogP contribution in [0.5, 0.6) is 11.5 Å². The number of thiazole rings is 1. The van der Waals surface area contributed by atoms with Crippen molar-refractivity contribution in [2.45, 2.75) is 6.92 Å². The van der Waals surface area contributed by atoms with E-state index in [0.29, 0.717) is 17.9 Å². The van der Waals surface area contributed by atoms with Crippen LogP contribution in [0.15, 0.2) is 62.4 Å². The van der Waals surface area contributed by atoms with Crippen molar-refractivity contribution in [2.75, 3.05) is 13.7 Å². The first kappa shape index (κ1) is 18.4. The molecule has 0 aliphatic heterocycles. The summed E-state index contributed by atoms with van der Waals surface area (Å²) in [7, 11) is 1.73. The molecule has 3 rings (SSSR count). The first-order valence-electron chi connectivity index (χ1n) is 8.02. The van der Waals surface area contributed by atoms with E-state index in [9.17, 15) is 5.11 Å². The molecule has 1 aromatic heterocycles. The van der Waals surface area contributed by atoms with Crippen molar-refractivity contribution in [2.24, 2.45) is 10.1 Å². The SMILES string of the molecule is CCOc1ccc(C=Nn2c(-c3ccc(Br)cc3)csc2=NC)c(O)c1. The molecular formula is C19H18BrN3O2S. The molecule has 0 spiro atoms. The lowest BCUT2D eigenvalue weighted by Gasteiger charge is -2.06. The van der Waals surface area contributed by atoms with E-state index < -0.39 is 0 Å². The van der Waals surface area contributed by atoms with E-state index in [1.807, 2.05) is 42.6 Å². The highest BCUT2D eigenvalue weighted by Gasteiger charge is 2.08. The molecule has 3 aromatic rings. The first-order chi connectivity index (χ1) is 12.6. The molecule has 0 saturated carbocycles. The summed E-state index contributed by atoms with van der Waals surface area (Å²) >= 11 is 4.96.